The number of carboxylic acid groups (broad SMARTS) is 1. The first kappa shape index (κ1) is 15.9. The first-order valence-corrected chi connectivity index (χ1v) is 6.59. The second kappa shape index (κ2) is 8.87. The second-order valence-electron chi connectivity index (χ2n) is 4.45. The van der Waals surface area contributed by atoms with Gasteiger partial charge in [0.05, 0.1) is 0 Å². The lowest BCUT2D eigenvalue weighted by molar-refractivity contribution is -0.138. The quantitative estimate of drug-likeness (QED) is 0.611. The summed E-state index contributed by atoms with van der Waals surface area (Å²) in [5.74, 6) is -1.12. The Hall–Kier alpha value is -2.14. The third kappa shape index (κ3) is 6.15. The molecule has 1 rings (SSSR count). The smallest absolute Gasteiger partial charge is 0.320 e. The molecule has 0 aliphatic heterocycles. The molecule has 0 aromatic carbocycles. The number of aliphatic carboxylic acids is 1. The van der Waals surface area contributed by atoms with Gasteiger partial charge in [0.2, 0.25) is 0 Å². The topological polar surface area (TPSA) is 92.4 Å². The third-order valence-electron chi connectivity index (χ3n) is 2.80. The fraction of sp³-hybridized carbons (Fsp3) is 0.333. The summed E-state index contributed by atoms with van der Waals surface area (Å²) in [6.07, 6.45) is 14.5. The first-order valence-electron chi connectivity index (χ1n) is 6.59. The molecule has 1 aliphatic carbocycles. The van der Waals surface area contributed by atoms with Crippen LogP contribution in [0.4, 0.5) is 0 Å². The number of carbonyl (C=O) groups excluding carboxylic acids is 1. The Morgan fingerprint density at radius 1 is 1.15 bits per heavy atom. The number of hydrogen-bond donors (Lipinski definition) is 3. The van der Waals surface area contributed by atoms with Crippen LogP contribution in [0.3, 0.4) is 0 Å². The molecule has 0 unspecified atom stereocenters. The number of carbonyl (C=O) groups is 2. The van der Waals surface area contributed by atoms with Gasteiger partial charge in [-0.3, -0.25) is 9.59 Å². The van der Waals surface area contributed by atoms with Crippen LogP contribution >= 0.6 is 0 Å². The van der Waals surface area contributed by atoms with E-state index >= 15 is 0 Å². The van der Waals surface area contributed by atoms with Crippen molar-refractivity contribution in [3.8, 4) is 0 Å². The molecule has 0 saturated carbocycles. The van der Waals surface area contributed by atoms with Crippen LogP contribution in [0.25, 0.3) is 0 Å². The minimum Gasteiger partial charge on any atom is -0.480 e. The first-order chi connectivity index (χ1) is 9.61. The van der Waals surface area contributed by atoms with Gasteiger partial charge in [-0.1, -0.05) is 30.4 Å². The van der Waals surface area contributed by atoms with Crippen molar-refractivity contribution in [1.29, 1.82) is 0 Å². The van der Waals surface area contributed by atoms with Gasteiger partial charge in [0.15, 0.2) is 0 Å². The van der Waals surface area contributed by atoms with Crippen molar-refractivity contribution >= 4 is 11.9 Å². The van der Waals surface area contributed by atoms with Crippen molar-refractivity contribution in [2.75, 3.05) is 6.54 Å². The zero-order chi connectivity index (χ0) is 14.8. The van der Waals surface area contributed by atoms with Crippen LogP contribution < -0.4 is 11.1 Å². The number of allylic oxidation sites excluding steroid dienone is 6. The van der Waals surface area contributed by atoms with E-state index in [9.17, 15) is 9.59 Å². The summed E-state index contributed by atoms with van der Waals surface area (Å²) in [4.78, 5) is 22.4. The van der Waals surface area contributed by atoms with Gasteiger partial charge in [-0.25, -0.2) is 0 Å². The summed E-state index contributed by atoms with van der Waals surface area (Å²) in [5, 5.41) is 11.4. The van der Waals surface area contributed by atoms with Crippen molar-refractivity contribution in [2.45, 2.75) is 25.3 Å². The highest BCUT2D eigenvalue weighted by molar-refractivity contribution is 5.96. The monoisotopic (exact) mass is 276 g/mol. The van der Waals surface area contributed by atoms with Gasteiger partial charge in [0.1, 0.15) is 6.04 Å². The lowest BCUT2D eigenvalue weighted by atomic mass is 10.1. The maximum absolute atomic E-state index is 11.9. The lowest BCUT2D eigenvalue weighted by Crippen LogP contribution is -2.30. The third-order valence-corrected chi connectivity index (χ3v) is 2.80. The predicted octanol–water partition coefficient (Wildman–Crippen LogP) is 1.29. The molecule has 1 atom stereocenters. The maximum Gasteiger partial charge on any atom is 0.320 e. The minimum atomic E-state index is -0.987. The van der Waals surface area contributed by atoms with Gasteiger partial charge < -0.3 is 16.2 Å². The molecule has 0 fully saturated rings. The Morgan fingerprint density at radius 2 is 1.85 bits per heavy atom. The summed E-state index contributed by atoms with van der Waals surface area (Å²) in [5.41, 5.74) is 5.98. The number of rotatable bonds is 7. The Labute approximate surface area is 118 Å². The molecular formula is C15H20N2O3. The van der Waals surface area contributed by atoms with Gasteiger partial charge >= 0.3 is 5.97 Å². The Balaban J connectivity index is 2.25. The molecule has 5 nitrogen and oxygen atoms in total. The highest BCUT2D eigenvalue weighted by atomic mass is 16.4. The molecule has 0 aromatic heterocycles. The van der Waals surface area contributed by atoms with E-state index in [4.69, 9.17) is 10.8 Å². The molecule has 0 radical (unpaired) electrons. The summed E-state index contributed by atoms with van der Waals surface area (Å²) in [7, 11) is 0. The van der Waals surface area contributed by atoms with Crippen molar-refractivity contribution in [2.24, 2.45) is 5.73 Å². The van der Waals surface area contributed by atoms with Gasteiger partial charge in [-0.15, -0.1) is 0 Å². The molecule has 5 heteroatoms. The molecule has 0 saturated heterocycles. The SMILES string of the molecule is N[C@@H](CCCCNC(=O)C1=C/C=C\C=C/C=C\1)C(=O)O. The van der Waals surface area contributed by atoms with E-state index in [2.05, 4.69) is 5.32 Å². The largest absolute Gasteiger partial charge is 0.480 e. The lowest BCUT2D eigenvalue weighted by Gasteiger charge is -2.07. The molecular weight excluding hydrogens is 256 g/mol. The van der Waals surface area contributed by atoms with Gasteiger partial charge in [0, 0.05) is 12.1 Å². The van der Waals surface area contributed by atoms with Crippen LogP contribution in [-0.4, -0.2) is 29.6 Å². The van der Waals surface area contributed by atoms with Crippen LogP contribution in [-0.2, 0) is 9.59 Å². The van der Waals surface area contributed by atoms with E-state index in [1.807, 2.05) is 18.2 Å². The molecule has 0 bridgehead atoms. The fourth-order valence-corrected chi connectivity index (χ4v) is 1.63. The Bertz CT molecular complexity index is 462. The molecule has 0 heterocycles. The van der Waals surface area contributed by atoms with Crippen LogP contribution in [0.1, 0.15) is 19.3 Å². The molecule has 20 heavy (non-hydrogen) atoms. The normalized spacial score (nSPS) is 22.6. The summed E-state index contributed by atoms with van der Waals surface area (Å²) < 4.78 is 0. The van der Waals surface area contributed by atoms with E-state index in [1.54, 1.807) is 24.3 Å². The standard InChI is InChI=1S/C15H20N2O3/c16-13(15(19)20)10-6-7-11-17-14(18)12-8-4-2-1-3-5-9-12/h1-5,8-9,13H,6-7,10-11,16H2,(H,17,18)(H,19,20)/b2-1-,3-1?,4-2?,5-3-,8-4-,9-5?,12-8?,12-9+/t13-/m0/s1. The molecule has 1 aliphatic rings. The average Bonchev–Trinajstić information content (AvgIpc) is 2.37. The molecule has 0 spiro atoms. The highest BCUT2D eigenvalue weighted by Crippen LogP contribution is 2.03. The number of nitrogens with two attached hydrogens (primary N) is 1. The average molecular weight is 276 g/mol. The summed E-state index contributed by atoms with van der Waals surface area (Å²) in [6.45, 7) is 0.510. The highest BCUT2D eigenvalue weighted by Gasteiger charge is 2.10. The van der Waals surface area contributed by atoms with Crippen molar-refractivity contribution in [1.82, 2.24) is 5.32 Å². The van der Waals surface area contributed by atoms with Gasteiger partial charge in [-0.2, -0.15) is 0 Å². The van der Waals surface area contributed by atoms with Gasteiger partial charge in [0.25, 0.3) is 5.91 Å². The van der Waals surface area contributed by atoms with E-state index in [-0.39, 0.29) is 5.91 Å². The number of hydrogen-bond acceptors (Lipinski definition) is 3. The zero-order valence-corrected chi connectivity index (χ0v) is 11.3. The number of amides is 1. The van der Waals surface area contributed by atoms with E-state index in [0.29, 0.717) is 31.4 Å². The van der Waals surface area contributed by atoms with E-state index in [1.165, 1.54) is 0 Å². The van der Waals surface area contributed by atoms with Crippen LogP contribution in [0.2, 0.25) is 0 Å². The second-order valence-corrected chi connectivity index (χ2v) is 4.45. The molecule has 0 aromatic rings. The number of unbranched alkanes of at least 4 members (excludes halogenated alkanes) is 1. The zero-order valence-electron chi connectivity index (χ0n) is 11.3. The van der Waals surface area contributed by atoms with E-state index < -0.39 is 12.0 Å². The van der Waals surface area contributed by atoms with Crippen molar-refractivity contribution in [3.05, 3.63) is 48.1 Å². The predicted molar refractivity (Wildman–Crippen MR) is 78.0 cm³/mol. The van der Waals surface area contributed by atoms with Crippen molar-refractivity contribution < 1.29 is 14.7 Å². The molecule has 1 amide bonds. The van der Waals surface area contributed by atoms with Crippen LogP contribution in [0.5, 0.6) is 0 Å². The minimum absolute atomic E-state index is 0.135. The summed E-state index contributed by atoms with van der Waals surface area (Å²) in [6, 6.07) is -0.820. The van der Waals surface area contributed by atoms with Gasteiger partial charge in [-0.05, 0) is 31.4 Å². The molecule has 108 valence electrons. The number of carboxylic acids is 1. The van der Waals surface area contributed by atoms with E-state index in [0.717, 1.165) is 0 Å². The number of nitrogens with one attached hydrogen (secondary N) is 1. The van der Waals surface area contributed by atoms with Crippen molar-refractivity contribution in [3.63, 3.8) is 0 Å². The van der Waals surface area contributed by atoms with Crippen LogP contribution in [0.15, 0.2) is 48.1 Å². The fourth-order valence-electron chi connectivity index (χ4n) is 1.63. The summed E-state index contributed by atoms with van der Waals surface area (Å²) >= 11 is 0. The molecule has 4 N–H and O–H groups in total. The Kier molecular flexibility index (Phi) is 7.06. The maximum atomic E-state index is 11.9. The Morgan fingerprint density at radius 3 is 2.60 bits per heavy atom. The van der Waals surface area contributed by atoms with Crippen LogP contribution in [0, 0.1) is 0 Å².